The van der Waals surface area contributed by atoms with E-state index >= 15 is 0 Å². The highest BCUT2D eigenvalue weighted by molar-refractivity contribution is 5.73. The van der Waals surface area contributed by atoms with Crippen LogP contribution >= 0.6 is 0 Å². The van der Waals surface area contributed by atoms with Gasteiger partial charge in [-0.05, 0) is 57.4 Å². The van der Waals surface area contributed by atoms with Gasteiger partial charge in [-0.2, -0.15) is 0 Å². The summed E-state index contributed by atoms with van der Waals surface area (Å²) in [5.41, 5.74) is 0. The predicted molar refractivity (Wildman–Crippen MR) is 74.0 cm³/mol. The Kier molecular flexibility index (Phi) is 5.64. The molecule has 3 unspecified atom stereocenters. The van der Waals surface area contributed by atoms with E-state index in [9.17, 15) is 9.90 Å². The smallest absolute Gasteiger partial charge is 0.320 e. The van der Waals surface area contributed by atoms with Crippen molar-refractivity contribution >= 4 is 5.97 Å². The zero-order valence-electron chi connectivity index (χ0n) is 11.8. The van der Waals surface area contributed by atoms with Gasteiger partial charge >= 0.3 is 5.97 Å². The highest BCUT2D eigenvalue weighted by atomic mass is 16.4. The van der Waals surface area contributed by atoms with Crippen LogP contribution in [0.25, 0.3) is 0 Å². The summed E-state index contributed by atoms with van der Waals surface area (Å²) in [6.07, 6.45) is 9.77. The quantitative estimate of drug-likeness (QED) is 0.726. The van der Waals surface area contributed by atoms with E-state index in [1.54, 1.807) is 0 Å². The van der Waals surface area contributed by atoms with E-state index in [-0.39, 0.29) is 12.6 Å². The predicted octanol–water partition coefficient (Wildman–Crippen LogP) is 2.26. The van der Waals surface area contributed by atoms with Crippen molar-refractivity contribution in [2.75, 3.05) is 13.2 Å². The molecule has 0 aromatic rings. The van der Waals surface area contributed by atoms with E-state index in [0.717, 1.165) is 44.6 Å². The summed E-state index contributed by atoms with van der Waals surface area (Å²) < 4.78 is 0. The van der Waals surface area contributed by atoms with Crippen LogP contribution in [0.2, 0.25) is 0 Å². The van der Waals surface area contributed by atoms with Gasteiger partial charge in [0.2, 0.25) is 0 Å². The summed E-state index contributed by atoms with van der Waals surface area (Å²) in [4.78, 5) is 13.7. The second-order valence-electron chi connectivity index (χ2n) is 6.07. The number of aliphatic hydroxyl groups is 1. The van der Waals surface area contributed by atoms with E-state index in [0.29, 0.717) is 6.04 Å². The largest absolute Gasteiger partial charge is 0.480 e. The number of carboxylic acids is 1. The van der Waals surface area contributed by atoms with Crippen LogP contribution in [-0.4, -0.2) is 46.3 Å². The molecule has 3 atom stereocenters. The number of rotatable bonds is 6. The zero-order valence-corrected chi connectivity index (χ0v) is 11.8. The zero-order chi connectivity index (χ0) is 13.7. The Balaban J connectivity index is 1.95. The van der Waals surface area contributed by atoms with Gasteiger partial charge in [-0.3, -0.25) is 9.69 Å². The fraction of sp³-hybridized carbons (Fsp3) is 0.933. The summed E-state index contributed by atoms with van der Waals surface area (Å²) in [6, 6.07) is 0.228. The van der Waals surface area contributed by atoms with Crippen molar-refractivity contribution in [3.8, 4) is 0 Å². The normalized spacial score (nSPS) is 31.9. The maximum atomic E-state index is 11.4. The molecule has 4 heteroatoms. The number of piperidine rings is 1. The molecule has 19 heavy (non-hydrogen) atoms. The SMILES string of the molecule is O=C(O)C1CCC2CCCCC2N1CCCCCO. The number of carbonyl (C=O) groups is 1. The van der Waals surface area contributed by atoms with E-state index < -0.39 is 5.97 Å². The first-order valence-corrected chi connectivity index (χ1v) is 7.83. The van der Waals surface area contributed by atoms with Crippen molar-refractivity contribution in [1.29, 1.82) is 0 Å². The number of unbranched alkanes of at least 4 members (excludes halogenated alkanes) is 2. The molecular formula is C15H27NO3. The van der Waals surface area contributed by atoms with Gasteiger partial charge in [-0.15, -0.1) is 0 Å². The van der Waals surface area contributed by atoms with Crippen LogP contribution in [0.1, 0.15) is 57.8 Å². The number of hydrogen-bond acceptors (Lipinski definition) is 3. The van der Waals surface area contributed by atoms with Crippen LogP contribution in [-0.2, 0) is 4.79 Å². The molecule has 2 N–H and O–H groups in total. The lowest BCUT2D eigenvalue weighted by Crippen LogP contribution is -2.55. The Bertz CT molecular complexity index is 295. The molecule has 1 aliphatic carbocycles. The van der Waals surface area contributed by atoms with Gasteiger partial charge < -0.3 is 10.2 Å². The van der Waals surface area contributed by atoms with Gasteiger partial charge in [0.15, 0.2) is 0 Å². The minimum atomic E-state index is -0.647. The third kappa shape index (κ3) is 3.69. The van der Waals surface area contributed by atoms with Crippen LogP contribution in [0.3, 0.4) is 0 Å². The average molecular weight is 269 g/mol. The summed E-state index contributed by atoms with van der Waals surface area (Å²) in [6.45, 7) is 1.13. The van der Waals surface area contributed by atoms with Crippen molar-refractivity contribution in [1.82, 2.24) is 4.90 Å². The van der Waals surface area contributed by atoms with Crippen molar-refractivity contribution in [2.45, 2.75) is 69.9 Å². The molecule has 1 saturated heterocycles. The Morgan fingerprint density at radius 1 is 1.05 bits per heavy atom. The molecule has 4 nitrogen and oxygen atoms in total. The maximum absolute atomic E-state index is 11.4. The third-order valence-corrected chi connectivity index (χ3v) is 4.87. The number of aliphatic carboxylic acids is 1. The van der Waals surface area contributed by atoms with Gasteiger partial charge in [0, 0.05) is 12.6 Å². The Labute approximate surface area is 115 Å². The first-order valence-electron chi connectivity index (χ1n) is 7.83. The molecule has 1 saturated carbocycles. The molecule has 0 aromatic heterocycles. The van der Waals surface area contributed by atoms with E-state index in [4.69, 9.17) is 5.11 Å². The number of likely N-dealkylation sites (tertiary alicyclic amines) is 1. The highest BCUT2D eigenvalue weighted by Crippen LogP contribution is 2.38. The minimum absolute atomic E-state index is 0.244. The van der Waals surface area contributed by atoms with Crippen LogP contribution in [0.4, 0.5) is 0 Å². The Morgan fingerprint density at radius 2 is 1.84 bits per heavy atom. The Morgan fingerprint density at radius 3 is 2.58 bits per heavy atom. The average Bonchev–Trinajstić information content (AvgIpc) is 2.43. The Hall–Kier alpha value is -0.610. The lowest BCUT2D eigenvalue weighted by molar-refractivity contribution is -0.148. The van der Waals surface area contributed by atoms with Crippen LogP contribution in [0.5, 0.6) is 0 Å². The van der Waals surface area contributed by atoms with Crippen molar-refractivity contribution in [2.24, 2.45) is 5.92 Å². The summed E-state index contributed by atoms with van der Waals surface area (Å²) >= 11 is 0. The van der Waals surface area contributed by atoms with Gasteiger partial charge in [-0.25, -0.2) is 0 Å². The fourth-order valence-corrected chi connectivity index (χ4v) is 3.90. The van der Waals surface area contributed by atoms with Crippen LogP contribution in [0, 0.1) is 5.92 Å². The molecule has 0 radical (unpaired) electrons. The minimum Gasteiger partial charge on any atom is -0.480 e. The number of nitrogens with zero attached hydrogens (tertiary/aromatic N) is 1. The summed E-state index contributed by atoms with van der Waals surface area (Å²) in [7, 11) is 0. The van der Waals surface area contributed by atoms with E-state index in [2.05, 4.69) is 4.90 Å². The number of fused-ring (bicyclic) bond motifs is 1. The molecule has 110 valence electrons. The summed E-state index contributed by atoms with van der Waals surface area (Å²) in [5, 5.41) is 18.2. The molecular weight excluding hydrogens is 242 g/mol. The molecule has 0 aromatic carbocycles. The fourth-order valence-electron chi connectivity index (χ4n) is 3.90. The topological polar surface area (TPSA) is 60.8 Å². The van der Waals surface area contributed by atoms with Crippen LogP contribution in [0.15, 0.2) is 0 Å². The molecule has 0 amide bonds. The monoisotopic (exact) mass is 269 g/mol. The van der Waals surface area contributed by atoms with Gasteiger partial charge in [0.25, 0.3) is 0 Å². The van der Waals surface area contributed by atoms with E-state index in [1.165, 1.54) is 25.7 Å². The van der Waals surface area contributed by atoms with Crippen LogP contribution < -0.4 is 0 Å². The molecule has 2 fully saturated rings. The molecule has 1 heterocycles. The number of hydrogen-bond donors (Lipinski definition) is 2. The molecule has 2 rings (SSSR count). The number of aliphatic hydroxyl groups excluding tert-OH is 1. The highest BCUT2D eigenvalue weighted by Gasteiger charge is 2.40. The lowest BCUT2D eigenvalue weighted by Gasteiger charge is -2.47. The molecule has 1 aliphatic heterocycles. The molecule has 0 spiro atoms. The van der Waals surface area contributed by atoms with Crippen molar-refractivity contribution in [3.63, 3.8) is 0 Å². The van der Waals surface area contributed by atoms with E-state index in [1.807, 2.05) is 0 Å². The molecule has 2 aliphatic rings. The van der Waals surface area contributed by atoms with Crippen molar-refractivity contribution < 1.29 is 15.0 Å². The number of carboxylic acid groups (broad SMARTS) is 1. The molecule has 0 bridgehead atoms. The maximum Gasteiger partial charge on any atom is 0.320 e. The third-order valence-electron chi connectivity index (χ3n) is 4.87. The second kappa shape index (κ2) is 7.25. The standard InChI is InChI=1S/C15H27NO3/c17-11-5-1-4-10-16-13-7-3-2-6-12(13)8-9-14(16)15(18)19/h12-14,17H,1-11H2,(H,18,19). The van der Waals surface area contributed by atoms with Gasteiger partial charge in [-0.1, -0.05) is 12.8 Å². The second-order valence-corrected chi connectivity index (χ2v) is 6.07. The van der Waals surface area contributed by atoms with Crippen molar-refractivity contribution in [3.05, 3.63) is 0 Å². The first kappa shape index (κ1) is 14.8. The van der Waals surface area contributed by atoms with Gasteiger partial charge in [0.1, 0.15) is 6.04 Å². The summed E-state index contributed by atoms with van der Waals surface area (Å²) in [5.74, 6) is 0.0772. The van der Waals surface area contributed by atoms with Gasteiger partial charge in [0.05, 0.1) is 0 Å². The lowest BCUT2D eigenvalue weighted by atomic mass is 9.76. The first-order chi connectivity index (χ1) is 9.24.